The normalized spacial score (nSPS) is 12.7. The number of benzene rings is 1. The molecule has 0 spiro atoms. The van der Waals surface area contributed by atoms with Crippen LogP contribution in [0.1, 0.15) is 5.69 Å². The molecule has 1 N–H and O–H groups in total. The van der Waals surface area contributed by atoms with Crippen LogP contribution in [0.15, 0.2) is 27.5 Å². The fourth-order valence-corrected chi connectivity index (χ4v) is 2.22. The van der Waals surface area contributed by atoms with E-state index in [0.29, 0.717) is 27.5 Å². The van der Waals surface area contributed by atoms with E-state index in [1.165, 1.54) is 0 Å². The van der Waals surface area contributed by atoms with Gasteiger partial charge in [0.25, 0.3) is 5.56 Å². The molecule has 1 aliphatic heterocycles. The largest absolute Gasteiger partial charge is 0.454 e. The third-order valence-corrected chi connectivity index (χ3v) is 3.68. The van der Waals surface area contributed by atoms with Gasteiger partial charge in [-0.1, -0.05) is 0 Å². The summed E-state index contributed by atoms with van der Waals surface area (Å²) in [6.07, 6.45) is 0. The molecule has 0 amide bonds. The number of hydrogen-bond acceptors (Lipinski definition) is 5. The lowest BCUT2D eigenvalue weighted by molar-refractivity contribution is 0.174. The van der Waals surface area contributed by atoms with Crippen LogP contribution in [0.3, 0.4) is 0 Å². The molecule has 1 aliphatic rings. The Morgan fingerprint density at radius 2 is 2.20 bits per heavy atom. The number of hydrogen-bond donors (Lipinski definition) is 1. The second kappa shape index (κ2) is 5.26. The van der Waals surface area contributed by atoms with Gasteiger partial charge in [0, 0.05) is 12.7 Å². The molecular formula is C13H11BrN2O4. The van der Waals surface area contributed by atoms with E-state index in [4.69, 9.17) is 14.2 Å². The van der Waals surface area contributed by atoms with Crippen LogP contribution in [0.5, 0.6) is 11.5 Å². The number of aromatic nitrogens is 2. The minimum Gasteiger partial charge on any atom is -0.454 e. The molecule has 7 heteroatoms. The van der Waals surface area contributed by atoms with Crippen LogP contribution in [0.4, 0.5) is 0 Å². The van der Waals surface area contributed by atoms with Gasteiger partial charge in [0.1, 0.15) is 10.3 Å². The number of nitrogens with zero attached hydrogens (tertiary/aromatic N) is 1. The molecule has 0 saturated carbocycles. The maximum atomic E-state index is 11.9. The van der Waals surface area contributed by atoms with Crippen LogP contribution < -0.4 is 15.0 Å². The van der Waals surface area contributed by atoms with Crippen molar-refractivity contribution in [3.8, 4) is 22.9 Å². The first-order valence-corrected chi connectivity index (χ1v) is 6.66. The molecule has 2 heterocycles. The predicted molar refractivity (Wildman–Crippen MR) is 74.8 cm³/mol. The Balaban J connectivity index is 2.08. The molecule has 0 aliphatic carbocycles. The van der Waals surface area contributed by atoms with Crippen LogP contribution in [0, 0.1) is 0 Å². The highest BCUT2D eigenvalue weighted by atomic mass is 79.9. The topological polar surface area (TPSA) is 73.4 Å². The molecule has 0 saturated heterocycles. The highest BCUT2D eigenvalue weighted by Gasteiger charge is 2.16. The molecule has 20 heavy (non-hydrogen) atoms. The second-order valence-corrected chi connectivity index (χ2v) is 4.97. The number of H-pyrrole nitrogens is 1. The van der Waals surface area contributed by atoms with Crippen molar-refractivity contribution in [2.75, 3.05) is 13.9 Å². The van der Waals surface area contributed by atoms with E-state index in [1.54, 1.807) is 19.2 Å². The highest BCUT2D eigenvalue weighted by molar-refractivity contribution is 9.10. The maximum absolute atomic E-state index is 11.9. The van der Waals surface area contributed by atoms with Gasteiger partial charge in [-0.3, -0.25) is 4.79 Å². The SMILES string of the molecule is COCc1nc(-c2ccc3c(c2)OCO3)[nH]c(=O)c1Br. The number of aromatic amines is 1. The Hall–Kier alpha value is -1.86. The summed E-state index contributed by atoms with van der Waals surface area (Å²) in [6.45, 7) is 0.458. The first-order chi connectivity index (χ1) is 9.69. The lowest BCUT2D eigenvalue weighted by atomic mass is 10.2. The summed E-state index contributed by atoms with van der Waals surface area (Å²) in [5, 5.41) is 0. The van der Waals surface area contributed by atoms with E-state index in [2.05, 4.69) is 25.9 Å². The highest BCUT2D eigenvalue weighted by Crippen LogP contribution is 2.35. The summed E-state index contributed by atoms with van der Waals surface area (Å²) in [6, 6.07) is 5.39. The lowest BCUT2D eigenvalue weighted by Gasteiger charge is -2.06. The van der Waals surface area contributed by atoms with Crippen molar-refractivity contribution in [2.45, 2.75) is 6.61 Å². The first-order valence-electron chi connectivity index (χ1n) is 5.86. The molecule has 1 aromatic heterocycles. The molecule has 0 fully saturated rings. The molecule has 2 aromatic rings. The van der Waals surface area contributed by atoms with Crippen molar-refractivity contribution in [1.82, 2.24) is 9.97 Å². The quantitative estimate of drug-likeness (QED) is 0.927. The summed E-state index contributed by atoms with van der Waals surface area (Å²) in [7, 11) is 1.55. The minimum atomic E-state index is -0.250. The summed E-state index contributed by atoms with van der Waals surface area (Å²) in [5.41, 5.74) is 1.04. The van der Waals surface area contributed by atoms with Gasteiger partial charge in [0.05, 0.1) is 12.3 Å². The van der Waals surface area contributed by atoms with Crippen molar-refractivity contribution in [2.24, 2.45) is 0 Å². The maximum Gasteiger partial charge on any atom is 0.265 e. The third kappa shape index (κ3) is 2.30. The van der Waals surface area contributed by atoms with E-state index in [-0.39, 0.29) is 19.0 Å². The van der Waals surface area contributed by atoms with Crippen LogP contribution in [0.25, 0.3) is 11.4 Å². The molecule has 1 aromatic carbocycles. The summed E-state index contributed by atoms with van der Waals surface area (Å²) in [5.74, 6) is 1.79. The van der Waals surface area contributed by atoms with Crippen LogP contribution in [0.2, 0.25) is 0 Å². The smallest absolute Gasteiger partial charge is 0.265 e. The molecule has 0 unspecified atom stereocenters. The Kier molecular flexibility index (Phi) is 3.45. The van der Waals surface area contributed by atoms with Gasteiger partial charge in [0.15, 0.2) is 11.5 Å². The Morgan fingerprint density at radius 1 is 1.40 bits per heavy atom. The van der Waals surface area contributed by atoms with Gasteiger partial charge < -0.3 is 19.2 Å². The number of fused-ring (bicyclic) bond motifs is 1. The number of methoxy groups -OCH3 is 1. The van der Waals surface area contributed by atoms with Crippen LogP contribution in [-0.2, 0) is 11.3 Å². The van der Waals surface area contributed by atoms with Crippen molar-refractivity contribution in [3.05, 3.63) is 38.7 Å². The van der Waals surface area contributed by atoms with E-state index < -0.39 is 0 Å². The second-order valence-electron chi connectivity index (χ2n) is 4.18. The minimum absolute atomic E-state index is 0.206. The third-order valence-electron chi connectivity index (χ3n) is 2.86. The summed E-state index contributed by atoms with van der Waals surface area (Å²) in [4.78, 5) is 19.0. The number of halogens is 1. The van der Waals surface area contributed by atoms with Gasteiger partial charge in [-0.05, 0) is 34.1 Å². The number of ether oxygens (including phenoxy) is 3. The average molecular weight is 339 g/mol. The number of nitrogens with one attached hydrogen (secondary N) is 1. The van der Waals surface area contributed by atoms with Gasteiger partial charge >= 0.3 is 0 Å². The van der Waals surface area contributed by atoms with E-state index in [9.17, 15) is 4.79 Å². The van der Waals surface area contributed by atoms with Crippen molar-refractivity contribution in [3.63, 3.8) is 0 Å². The van der Waals surface area contributed by atoms with E-state index >= 15 is 0 Å². The molecule has 3 rings (SSSR count). The summed E-state index contributed by atoms with van der Waals surface area (Å²) >= 11 is 3.21. The van der Waals surface area contributed by atoms with Gasteiger partial charge in [0.2, 0.25) is 6.79 Å². The zero-order valence-corrected chi connectivity index (χ0v) is 12.2. The lowest BCUT2D eigenvalue weighted by Crippen LogP contribution is -2.14. The summed E-state index contributed by atoms with van der Waals surface area (Å²) < 4.78 is 16.0. The predicted octanol–water partition coefficient (Wildman–Crippen LogP) is 2.07. The van der Waals surface area contributed by atoms with Gasteiger partial charge in [-0.2, -0.15) is 0 Å². The average Bonchev–Trinajstić information content (AvgIpc) is 2.91. The molecule has 104 valence electrons. The van der Waals surface area contributed by atoms with Gasteiger partial charge in [-0.15, -0.1) is 0 Å². The van der Waals surface area contributed by atoms with Crippen molar-refractivity contribution in [1.29, 1.82) is 0 Å². The number of rotatable bonds is 3. The zero-order valence-electron chi connectivity index (χ0n) is 10.6. The zero-order chi connectivity index (χ0) is 14.1. The Morgan fingerprint density at radius 3 is 3.00 bits per heavy atom. The standard InChI is InChI=1S/C13H11BrN2O4/c1-18-5-8-11(14)13(17)16-12(15-8)7-2-3-9-10(4-7)20-6-19-9/h2-4H,5-6H2,1H3,(H,15,16,17). The van der Waals surface area contributed by atoms with E-state index in [1.807, 2.05) is 6.07 Å². The van der Waals surface area contributed by atoms with E-state index in [0.717, 1.165) is 5.56 Å². The molecule has 6 nitrogen and oxygen atoms in total. The Bertz CT molecular complexity index is 714. The first kappa shape index (κ1) is 13.1. The Labute approximate surface area is 122 Å². The van der Waals surface area contributed by atoms with Gasteiger partial charge in [-0.25, -0.2) is 4.98 Å². The van der Waals surface area contributed by atoms with Crippen LogP contribution in [-0.4, -0.2) is 23.9 Å². The fraction of sp³-hybridized carbons (Fsp3) is 0.231. The molecule has 0 bridgehead atoms. The van der Waals surface area contributed by atoms with Crippen molar-refractivity contribution < 1.29 is 14.2 Å². The molecular weight excluding hydrogens is 328 g/mol. The van der Waals surface area contributed by atoms with Crippen molar-refractivity contribution >= 4 is 15.9 Å². The monoisotopic (exact) mass is 338 g/mol. The molecule has 0 radical (unpaired) electrons. The molecule has 0 atom stereocenters. The van der Waals surface area contributed by atoms with Crippen LogP contribution >= 0.6 is 15.9 Å². The fourth-order valence-electron chi connectivity index (χ4n) is 1.92.